The quantitative estimate of drug-likeness (QED) is 0.642. The van der Waals surface area contributed by atoms with Gasteiger partial charge >= 0.3 is 5.97 Å². The zero-order valence-electron chi connectivity index (χ0n) is 8.88. The van der Waals surface area contributed by atoms with Crippen molar-refractivity contribution in [2.24, 2.45) is 17.6 Å². The van der Waals surface area contributed by atoms with Gasteiger partial charge in [-0.15, -0.1) is 0 Å². The van der Waals surface area contributed by atoms with E-state index >= 15 is 0 Å². The second-order valence-corrected chi connectivity index (χ2v) is 3.37. The molecule has 0 saturated heterocycles. The summed E-state index contributed by atoms with van der Waals surface area (Å²) in [4.78, 5) is 11.2. The Bertz CT molecular complexity index is 144. The van der Waals surface area contributed by atoms with Crippen LogP contribution in [-0.4, -0.2) is 19.6 Å². The number of carbonyl (C=O) groups excluding carboxylic acids is 1. The number of nitrogens with two attached hydrogens (primary N) is 1. The molecule has 0 saturated carbocycles. The molecule has 0 heterocycles. The van der Waals surface area contributed by atoms with Crippen LogP contribution in [0.2, 0.25) is 0 Å². The number of hydrogen-bond donors (Lipinski definition) is 1. The predicted molar refractivity (Wildman–Crippen MR) is 53.2 cm³/mol. The molecule has 0 aromatic carbocycles. The summed E-state index contributed by atoms with van der Waals surface area (Å²) >= 11 is 0. The van der Waals surface area contributed by atoms with Crippen molar-refractivity contribution in [3.63, 3.8) is 0 Å². The second-order valence-electron chi connectivity index (χ2n) is 3.37. The first-order valence-corrected chi connectivity index (χ1v) is 4.97. The molecule has 0 fully saturated rings. The van der Waals surface area contributed by atoms with E-state index in [1.165, 1.54) is 7.11 Å². The molecule has 2 atom stereocenters. The fraction of sp³-hybridized carbons (Fsp3) is 0.900. The van der Waals surface area contributed by atoms with Crippen molar-refractivity contribution < 1.29 is 9.53 Å². The van der Waals surface area contributed by atoms with E-state index in [2.05, 4.69) is 6.92 Å². The minimum Gasteiger partial charge on any atom is -0.469 e. The summed E-state index contributed by atoms with van der Waals surface area (Å²) in [7, 11) is 1.44. The fourth-order valence-electron chi connectivity index (χ4n) is 1.43. The van der Waals surface area contributed by atoms with E-state index in [1.807, 2.05) is 6.92 Å². The number of rotatable bonds is 6. The van der Waals surface area contributed by atoms with Gasteiger partial charge in [0.15, 0.2) is 0 Å². The lowest BCUT2D eigenvalue weighted by atomic mass is 9.91. The molecular formula is C10H21NO2. The Morgan fingerprint density at radius 3 is 2.31 bits per heavy atom. The van der Waals surface area contributed by atoms with Crippen LogP contribution in [0.25, 0.3) is 0 Å². The van der Waals surface area contributed by atoms with Crippen molar-refractivity contribution in [2.45, 2.75) is 33.1 Å². The SMILES string of the molecule is CCC(CN)CC(CC)C(=O)OC. The maximum Gasteiger partial charge on any atom is 0.308 e. The minimum atomic E-state index is -0.102. The Kier molecular flexibility index (Phi) is 6.59. The summed E-state index contributed by atoms with van der Waals surface area (Å²) in [5.74, 6) is 0.372. The Balaban J connectivity index is 4.02. The lowest BCUT2D eigenvalue weighted by Gasteiger charge is -2.18. The van der Waals surface area contributed by atoms with Gasteiger partial charge in [0, 0.05) is 0 Å². The predicted octanol–water partition coefficient (Wildman–Crippen LogP) is 1.56. The molecule has 0 aliphatic rings. The van der Waals surface area contributed by atoms with Gasteiger partial charge < -0.3 is 10.5 Å². The van der Waals surface area contributed by atoms with Crippen molar-refractivity contribution in [2.75, 3.05) is 13.7 Å². The number of carbonyl (C=O) groups is 1. The summed E-state index contributed by atoms with van der Waals surface area (Å²) in [5, 5.41) is 0. The van der Waals surface area contributed by atoms with Crippen molar-refractivity contribution in [1.29, 1.82) is 0 Å². The zero-order chi connectivity index (χ0) is 10.3. The fourth-order valence-corrected chi connectivity index (χ4v) is 1.43. The first-order valence-electron chi connectivity index (χ1n) is 4.97. The largest absolute Gasteiger partial charge is 0.469 e. The third-order valence-electron chi connectivity index (χ3n) is 2.56. The van der Waals surface area contributed by atoms with Crippen LogP contribution in [0.4, 0.5) is 0 Å². The van der Waals surface area contributed by atoms with Crippen LogP contribution in [0, 0.1) is 11.8 Å². The summed E-state index contributed by atoms with van der Waals surface area (Å²) < 4.78 is 4.71. The molecule has 0 aliphatic heterocycles. The van der Waals surface area contributed by atoms with Crippen molar-refractivity contribution in [1.82, 2.24) is 0 Å². The van der Waals surface area contributed by atoms with E-state index in [0.29, 0.717) is 12.5 Å². The third-order valence-corrected chi connectivity index (χ3v) is 2.56. The normalized spacial score (nSPS) is 15.1. The van der Waals surface area contributed by atoms with Crippen LogP contribution in [0.5, 0.6) is 0 Å². The Morgan fingerprint density at radius 2 is 2.00 bits per heavy atom. The molecule has 0 aromatic rings. The standard InChI is InChI=1S/C10H21NO2/c1-4-8(7-11)6-9(5-2)10(12)13-3/h8-9H,4-7,11H2,1-3H3. The van der Waals surface area contributed by atoms with Crippen molar-refractivity contribution >= 4 is 5.97 Å². The first kappa shape index (κ1) is 12.4. The van der Waals surface area contributed by atoms with E-state index in [0.717, 1.165) is 19.3 Å². The average molecular weight is 187 g/mol. The van der Waals surface area contributed by atoms with Crippen LogP contribution in [-0.2, 0) is 9.53 Å². The smallest absolute Gasteiger partial charge is 0.308 e. The third kappa shape index (κ3) is 4.27. The monoisotopic (exact) mass is 187 g/mol. The maximum atomic E-state index is 11.2. The first-order chi connectivity index (χ1) is 6.19. The van der Waals surface area contributed by atoms with Gasteiger partial charge in [0.2, 0.25) is 0 Å². The number of esters is 1. The van der Waals surface area contributed by atoms with Gasteiger partial charge in [-0.2, -0.15) is 0 Å². The highest BCUT2D eigenvalue weighted by atomic mass is 16.5. The molecule has 2 N–H and O–H groups in total. The summed E-state index contributed by atoms with van der Waals surface area (Å²) in [6.45, 7) is 4.76. The Hall–Kier alpha value is -0.570. The number of ether oxygens (including phenoxy) is 1. The van der Waals surface area contributed by atoms with Crippen LogP contribution >= 0.6 is 0 Å². The topological polar surface area (TPSA) is 52.3 Å². The van der Waals surface area contributed by atoms with E-state index in [-0.39, 0.29) is 11.9 Å². The van der Waals surface area contributed by atoms with Crippen LogP contribution < -0.4 is 5.73 Å². The van der Waals surface area contributed by atoms with E-state index in [1.54, 1.807) is 0 Å². The molecule has 0 aromatic heterocycles. The molecule has 0 amide bonds. The van der Waals surface area contributed by atoms with Gasteiger partial charge in [-0.25, -0.2) is 0 Å². The molecule has 0 rings (SSSR count). The lowest BCUT2D eigenvalue weighted by Crippen LogP contribution is -2.23. The van der Waals surface area contributed by atoms with Gasteiger partial charge in [-0.3, -0.25) is 4.79 Å². The van der Waals surface area contributed by atoms with Crippen molar-refractivity contribution in [3.05, 3.63) is 0 Å². The zero-order valence-corrected chi connectivity index (χ0v) is 8.88. The maximum absolute atomic E-state index is 11.2. The van der Waals surface area contributed by atoms with Crippen molar-refractivity contribution in [3.8, 4) is 0 Å². The molecule has 3 heteroatoms. The molecule has 13 heavy (non-hydrogen) atoms. The molecule has 3 nitrogen and oxygen atoms in total. The summed E-state index contributed by atoms with van der Waals surface area (Å²) in [6, 6.07) is 0. The molecule has 0 bridgehead atoms. The molecule has 0 aliphatic carbocycles. The molecule has 78 valence electrons. The highest BCUT2D eigenvalue weighted by Crippen LogP contribution is 2.18. The molecule has 0 spiro atoms. The van der Waals surface area contributed by atoms with E-state index < -0.39 is 0 Å². The van der Waals surface area contributed by atoms with E-state index in [9.17, 15) is 4.79 Å². The lowest BCUT2D eigenvalue weighted by molar-refractivity contribution is -0.146. The summed E-state index contributed by atoms with van der Waals surface area (Å²) in [6.07, 6.45) is 2.73. The number of methoxy groups -OCH3 is 1. The summed E-state index contributed by atoms with van der Waals surface area (Å²) in [5.41, 5.74) is 5.58. The molecular weight excluding hydrogens is 166 g/mol. The second kappa shape index (κ2) is 6.89. The highest BCUT2D eigenvalue weighted by molar-refractivity contribution is 5.72. The Morgan fingerprint density at radius 1 is 1.38 bits per heavy atom. The van der Waals surface area contributed by atoms with Crippen LogP contribution in [0.1, 0.15) is 33.1 Å². The van der Waals surface area contributed by atoms with Gasteiger partial charge in [-0.1, -0.05) is 20.3 Å². The molecule has 0 radical (unpaired) electrons. The van der Waals surface area contributed by atoms with Crippen LogP contribution in [0.3, 0.4) is 0 Å². The van der Waals surface area contributed by atoms with Gasteiger partial charge in [0.25, 0.3) is 0 Å². The van der Waals surface area contributed by atoms with Gasteiger partial charge in [0.05, 0.1) is 13.0 Å². The molecule has 2 unspecified atom stereocenters. The van der Waals surface area contributed by atoms with E-state index in [4.69, 9.17) is 10.5 Å². The highest BCUT2D eigenvalue weighted by Gasteiger charge is 2.20. The van der Waals surface area contributed by atoms with Crippen LogP contribution in [0.15, 0.2) is 0 Å². The minimum absolute atomic E-state index is 0.0264. The Labute approximate surface area is 80.6 Å². The average Bonchev–Trinajstić information content (AvgIpc) is 2.19. The van der Waals surface area contributed by atoms with Gasteiger partial charge in [0.1, 0.15) is 0 Å². The van der Waals surface area contributed by atoms with Gasteiger partial charge in [-0.05, 0) is 25.3 Å². The number of hydrogen-bond acceptors (Lipinski definition) is 3.